The highest BCUT2D eigenvalue weighted by molar-refractivity contribution is 9.10. The van der Waals surface area contributed by atoms with E-state index in [0.29, 0.717) is 18.9 Å². The first-order valence-corrected chi connectivity index (χ1v) is 5.78. The van der Waals surface area contributed by atoms with Crippen molar-refractivity contribution in [3.8, 4) is 0 Å². The van der Waals surface area contributed by atoms with E-state index in [1.807, 2.05) is 28.6 Å². The fraction of sp³-hybridized carbons (Fsp3) is 0.400. The summed E-state index contributed by atoms with van der Waals surface area (Å²) in [4.78, 5) is 10.6. The molecule has 6 heteroatoms. The van der Waals surface area contributed by atoms with E-state index in [2.05, 4.69) is 25.9 Å². The summed E-state index contributed by atoms with van der Waals surface area (Å²) in [6, 6.07) is 1.86. The van der Waals surface area contributed by atoms with Crippen LogP contribution in [-0.4, -0.2) is 44.6 Å². The van der Waals surface area contributed by atoms with Crippen molar-refractivity contribution in [3.05, 3.63) is 28.8 Å². The Hall–Kier alpha value is -0.980. The molecular weight excluding hydrogens is 272 g/mol. The van der Waals surface area contributed by atoms with Crippen LogP contribution in [0.2, 0.25) is 0 Å². The van der Waals surface area contributed by atoms with Crippen LogP contribution < -0.4 is 0 Å². The maximum absolute atomic E-state index is 8.83. The summed E-state index contributed by atoms with van der Waals surface area (Å²) >= 11 is 3.50. The van der Waals surface area contributed by atoms with Gasteiger partial charge in [0.25, 0.3) is 0 Å². The molecule has 2 aromatic heterocycles. The predicted molar refractivity (Wildman–Crippen MR) is 64.1 cm³/mol. The van der Waals surface area contributed by atoms with Crippen LogP contribution in [0.3, 0.4) is 0 Å². The molecule has 0 atom stereocenters. The van der Waals surface area contributed by atoms with Crippen LogP contribution in [0.25, 0.3) is 5.78 Å². The second kappa shape index (κ2) is 4.90. The number of aromatic nitrogens is 3. The second-order valence-corrected chi connectivity index (χ2v) is 4.35. The Kier molecular flexibility index (Phi) is 3.52. The SMILES string of the molecule is CN(CCO)Cc1nc2ncccn2c1Br. The van der Waals surface area contributed by atoms with E-state index in [-0.39, 0.29) is 6.61 Å². The molecular formula is C10H13BrN4O. The van der Waals surface area contributed by atoms with Crippen LogP contribution >= 0.6 is 15.9 Å². The summed E-state index contributed by atoms with van der Waals surface area (Å²) in [7, 11) is 1.94. The quantitative estimate of drug-likeness (QED) is 0.907. The van der Waals surface area contributed by atoms with E-state index in [1.54, 1.807) is 6.20 Å². The summed E-state index contributed by atoms with van der Waals surface area (Å²) < 4.78 is 2.81. The van der Waals surface area contributed by atoms with Crippen LogP contribution in [0, 0.1) is 0 Å². The topological polar surface area (TPSA) is 53.7 Å². The van der Waals surface area contributed by atoms with Crippen LogP contribution in [0.4, 0.5) is 0 Å². The van der Waals surface area contributed by atoms with Gasteiger partial charge < -0.3 is 5.11 Å². The minimum atomic E-state index is 0.153. The van der Waals surface area contributed by atoms with E-state index in [9.17, 15) is 0 Å². The highest BCUT2D eigenvalue weighted by Crippen LogP contribution is 2.18. The highest BCUT2D eigenvalue weighted by Gasteiger charge is 2.11. The van der Waals surface area contributed by atoms with Crippen molar-refractivity contribution in [3.63, 3.8) is 0 Å². The lowest BCUT2D eigenvalue weighted by atomic mass is 10.4. The summed E-state index contributed by atoms with van der Waals surface area (Å²) in [5.74, 6) is 0.682. The molecule has 2 rings (SSSR count). The van der Waals surface area contributed by atoms with Gasteiger partial charge >= 0.3 is 0 Å². The number of aliphatic hydroxyl groups is 1. The Morgan fingerprint density at radius 1 is 1.56 bits per heavy atom. The molecule has 0 aliphatic rings. The molecule has 0 saturated carbocycles. The fourth-order valence-electron chi connectivity index (χ4n) is 1.51. The maximum Gasteiger partial charge on any atom is 0.234 e. The first-order chi connectivity index (χ1) is 7.72. The number of rotatable bonds is 4. The highest BCUT2D eigenvalue weighted by atomic mass is 79.9. The van der Waals surface area contributed by atoms with Gasteiger partial charge in [-0.25, -0.2) is 9.97 Å². The van der Waals surface area contributed by atoms with Gasteiger partial charge in [0.1, 0.15) is 4.60 Å². The molecule has 0 aromatic carbocycles. The third kappa shape index (κ3) is 2.23. The van der Waals surface area contributed by atoms with Crippen LogP contribution in [0.1, 0.15) is 5.69 Å². The zero-order valence-electron chi connectivity index (χ0n) is 8.97. The molecule has 2 heterocycles. The van der Waals surface area contributed by atoms with Crippen molar-refractivity contribution in [2.75, 3.05) is 20.2 Å². The lowest BCUT2D eigenvalue weighted by molar-refractivity contribution is 0.216. The van der Waals surface area contributed by atoms with Crippen molar-refractivity contribution < 1.29 is 5.11 Å². The summed E-state index contributed by atoms with van der Waals surface area (Å²) in [6.07, 6.45) is 3.63. The summed E-state index contributed by atoms with van der Waals surface area (Å²) in [5.41, 5.74) is 0.926. The van der Waals surface area contributed by atoms with Gasteiger partial charge in [-0.1, -0.05) is 0 Å². The van der Waals surface area contributed by atoms with Gasteiger partial charge in [0.05, 0.1) is 12.3 Å². The molecule has 0 aliphatic carbocycles. The lowest BCUT2D eigenvalue weighted by Crippen LogP contribution is -2.21. The molecule has 0 amide bonds. The molecule has 0 saturated heterocycles. The number of imidazole rings is 1. The zero-order chi connectivity index (χ0) is 11.5. The van der Waals surface area contributed by atoms with Crippen molar-refractivity contribution in [1.29, 1.82) is 0 Å². The molecule has 16 heavy (non-hydrogen) atoms. The number of nitrogens with zero attached hydrogens (tertiary/aromatic N) is 4. The van der Waals surface area contributed by atoms with Crippen LogP contribution in [-0.2, 0) is 6.54 Å². The number of fused-ring (bicyclic) bond motifs is 1. The molecule has 86 valence electrons. The molecule has 2 aromatic rings. The lowest BCUT2D eigenvalue weighted by Gasteiger charge is -2.12. The Morgan fingerprint density at radius 2 is 2.38 bits per heavy atom. The number of hydrogen-bond acceptors (Lipinski definition) is 4. The zero-order valence-corrected chi connectivity index (χ0v) is 10.6. The third-order valence-electron chi connectivity index (χ3n) is 2.31. The summed E-state index contributed by atoms with van der Waals surface area (Å²) in [5, 5.41) is 8.83. The number of likely N-dealkylation sites (N-methyl/N-ethyl adjacent to an activating group) is 1. The first kappa shape index (κ1) is 11.5. The number of hydrogen-bond donors (Lipinski definition) is 1. The first-order valence-electron chi connectivity index (χ1n) is 4.99. The Balaban J connectivity index is 2.27. The smallest absolute Gasteiger partial charge is 0.234 e. The van der Waals surface area contributed by atoms with E-state index < -0.39 is 0 Å². The van der Waals surface area contributed by atoms with Gasteiger partial charge in [-0.3, -0.25) is 9.30 Å². The number of aliphatic hydroxyl groups excluding tert-OH is 1. The summed E-state index contributed by atoms with van der Waals surface area (Å²) in [6.45, 7) is 1.47. The van der Waals surface area contributed by atoms with E-state index >= 15 is 0 Å². The second-order valence-electron chi connectivity index (χ2n) is 3.60. The van der Waals surface area contributed by atoms with Crippen molar-refractivity contribution >= 4 is 21.7 Å². The predicted octanol–water partition coefficient (Wildman–Crippen LogP) is 0.916. The van der Waals surface area contributed by atoms with E-state index in [4.69, 9.17) is 5.11 Å². The molecule has 1 N–H and O–H groups in total. The fourth-order valence-corrected chi connectivity index (χ4v) is 2.00. The number of halogens is 1. The Bertz CT molecular complexity index is 485. The molecule has 0 unspecified atom stereocenters. The molecule has 0 spiro atoms. The van der Waals surface area contributed by atoms with Crippen LogP contribution in [0.5, 0.6) is 0 Å². The van der Waals surface area contributed by atoms with E-state index in [1.165, 1.54) is 0 Å². The van der Waals surface area contributed by atoms with Gasteiger partial charge in [0, 0.05) is 25.5 Å². The van der Waals surface area contributed by atoms with Gasteiger partial charge in [0.15, 0.2) is 0 Å². The van der Waals surface area contributed by atoms with E-state index in [0.717, 1.165) is 10.3 Å². The van der Waals surface area contributed by atoms with Crippen molar-refractivity contribution in [1.82, 2.24) is 19.3 Å². The average molecular weight is 285 g/mol. The normalized spacial score (nSPS) is 11.5. The Morgan fingerprint density at radius 3 is 3.06 bits per heavy atom. The molecule has 0 fully saturated rings. The standard InChI is InChI=1S/C10H13BrN4O/c1-14(5-6-16)7-8-9(11)15-4-2-3-12-10(15)13-8/h2-4,16H,5-7H2,1H3. The minimum absolute atomic E-state index is 0.153. The monoisotopic (exact) mass is 284 g/mol. The van der Waals surface area contributed by atoms with Gasteiger partial charge in [-0.2, -0.15) is 0 Å². The van der Waals surface area contributed by atoms with Gasteiger partial charge in [0.2, 0.25) is 5.78 Å². The van der Waals surface area contributed by atoms with Crippen LogP contribution in [0.15, 0.2) is 23.1 Å². The van der Waals surface area contributed by atoms with Crippen molar-refractivity contribution in [2.24, 2.45) is 0 Å². The van der Waals surface area contributed by atoms with Gasteiger partial charge in [-0.05, 0) is 29.0 Å². The maximum atomic E-state index is 8.83. The average Bonchev–Trinajstić information content (AvgIpc) is 2.57. The van der Waals surface area contributed by atoms with Gasteiger partial charge in [-0.15, -0.1) is 0 Å². The minimum Gasteiger partial charge on any atom is -0.395 e. The Labute approximate surface area is 102 Å². The molecule has 0 radical (unpaired) electrons. The van der Waals surface area contributed by atoms with Crippen molar-refractivity contribution in [2.45, 2.75) is 6.54 Å². The molecule has 5 nitrogen and oxygen atoms in total. The third-order valence-corrected chi connectivity index (χ3v) is 3.15. The largest absolute Gasteiger partial charge is 0.395 e. The molecule has 0 aliphatic heterocycles. The molecule has 0 bridgehead atoms.